The van der Waals surface area contributed by atoms with Crippen molar-refractivity contribution in [2.75, 3.05) is 18.0 Å². The molecule has 0 bridgehead atoms. The van der Waals surface area contributed by atoms with Crippen LogP contribution in [0.5, 0.6) is 0 Å². The van der Waals surface area contributed by atoms with E-state index in [0.717, 1.165) is 25.9 Å². The number of halogens is 2. The molecule has 0 atom stereocenters. The standard InChI is InChI=1S/C12H15F2N/c1-2-10-11(13)7-9(8-12(10)14)15-5-3-4-6-15/h7-8H,2-6H2,1H3. The van der Waals surface area contributed by atoms with Crippen molar-refractivity contribution < 1.29 is 8.78 Å². The predicted octanol–water partition coefficient (Wildman–Crippen LogP) is 3.13. The quantitative estimate of drug-likeness (QED) is 0.726. The van der Waals surface area contributed by atoms with Crippen LogP contribution in [0.25, 0.3) is 0 Å². The largest absolute Gasteiger partial charge is 0.371 e. The lowest BCUT2D eigenvalue weighted by atomic mass is 10.1. The highest BCUT2D eigenvalue weighted by molar-refractivity contribution is 5.49. The van der Waals surface area contributed by atoms with Gasteiger partial charge in [0.05, 0.1) is 0 Å². The molecule has 1 nitrogen and oxygen atoms in total. The zero-order valence-electron chi connectivity index (χ0n) is 8.89. The molecular weight excluding hydrogens is 196 g/mol. The van der Waals surface area contributed by atoms with Crippen LogP contribution in [0.4, 0.5) is 14.5 Å². The maximum absolute atomic E-state index is 13.5. The molecule has 1 aromatic carbocycles. The molecule has 0 aliphatic carbocycles. The minimum absolute atomic E-state index is 0.193. The number of nitrogens with zero attached hydrogens (tertiary/aromatic N) is 1. The van der Waals surface area contributed by atoms with Crippen molar-refractivity contribution in [3.8, 4) is 0 Å². The zero-order valence-corrected chi connectivity index (χ0v) is 8.89. The molecule has 0 saturated carbocycles. The molecule has 1 aromatic rings. The smallest absolute Gasteiger partial charge is 0.131 e. The van der Waals surface area contributed by atoms with E-state index in [1.165, 1.54) is 12.1 Å². The van der Waals surface area contributed by atoms with Crippen LogP contribution in [-0.2, 0) is 6.42 Å². The molecule has 2 rings (SSSR count). The van der Waals surface area contributed by atoms with Gasteiger partial charge in [0.15, 0.2) is 0 Å². The Hall–Kier alpha value is -1.12. The van der Waals surface area contributed by atoms with E-state index >= 15 is 0 Å². The molecule has 0 unspecified atom stereocenters. The van der Waals surface area contributed by atoms with Crippen LogP contribution in [0.3, 0.4) is 0 Å². The van der Waals surface area contributed by atoms with Gasteiger partial charge in [0.2, 0.25) is 0 Å². The van der Waals surface area contributed by atoms with Crippen LogP contribution in [0.15, 0.2) is 12.1 Å². The van der Waals surface area contributed by atoms with E-state index in [4.69, 9.17) is 0 Å². The summed E-state index contributed by atoms with van der Waals surface area (Å²) < 4.78 is 27.0. The van der Waals surface area contributed by atoms with Gasteiger partial charge < -0.3 is 4.90 Å². The average Bonchev–Trinajstić information content (AvgIpc) is 2.69. The second kappa shape index (κ2) is 4.17. The van der Waals surface area contributed by atoms with E-state index in [-0.39, 0.29) is 5.56 Å². The summed E-state index contributed by atoms with van der Waals surface area (Å²) >= 11 is 0. The summed E-state index contributed by atoms with van der Waals surface area (Å²) in [5, 5.41) is 0. The first-order chi connectivity index (χ1) is 7.22. The Labute approximate surface area is 88.7 Å². The van der Waals surface area contributed by atoms with Crippen molar-refractivity contribution in [1.82, 2.24) is 0 Å². The van der Waals surface area contributed by atoms with Gasteiger partial charge in [-0.2, -0.15) is 0 Å². The van der Waals surface area contributed by atoms with Gasteiger partial charge in [0, 0.05) is 24.3 Å². The maximum Gasteiger partial charge on any atom is 0.131 e. The van der Waals surface area contributed by atoms with Crippen LogP contribution >= 0.6 is 0 Å². The van der Waals surface area contributed by atoms with Crippen LogP contribution in [-0.4, -0.2) is 13.1 Å². The van der Waals surface area contributed by atoms with Gasteiger partial charge in [-0.25, -0.2) is 8.78 Å². The molecule has 0 aromatic heterocycles. The minimum Gasteiger partial charge on any atom is -0.371 e. The van der Waals surface area contributed by atoms with Crippen molar-refractivity contribution in [3.05, 3.63) is 29.3 Å². The summed E-state index contributed by atoms with van der Waals surface area (Å²) in [5.41, 5.74) is 0.873. The normalized spacial score (nSPS) is 16.1. The van der Waals surface area contributed by atoms with E-state index in [0.29, 0.717) is 12.1 Å². The van der Waals surface area contributed by atoms with Crippen molar-refractivity contribution in [2.24, 2.45) is 0 Å². The average molecular weight is 211 g/mol. The molecule has 0 spiro atoms. The Kier molecular flexibility index (Phi) is 2.89. The lowest BCUT2D eigenvalue weighted by molar-refractivity contribution is 0.558. The molecule has 82 valence electrons. The maximum atomic E-state index is 13.5. The van der Waals surface area contributed by atoms with E-state index in [1.54, 1.807) is 6.92 Å². The summed E-state index contributed by atoms with van der Waals surface area (Å²) in [6, 6.07) is 2.90. The van der Waals surface area contributed by atoms with Gasteiger partial charge in [-0.1, -0.05) is 6.92 Å². The van der Waals surface area contributed by atoms with Gasteiger partial charge >= 0.3 is 0 Å². The highest BCUT2D eigenvalue weighted by Gasteiger charge is 2.16. The summed E-state index contributed by atoms with van der Waals surface area (Å²) in [4.78, 5) is 2.03. The fourth-order valence-electron chi connectivity index (χ4n) is 2.09. The molecule has 1 aliphatic rings. The second-order valence-corrected chi connectivity index (χ2v) is 3.94. The Morgan fingerprint density at radius 2 is 1.67 bits per heavy atom. The molecule has 1 heterocycles. The van der Waals surface area contributed by atoms with E-state index in [2.05, 4.69) is 0 Å². The fraction of sp³-hybridized carbons (Fsp3) is 0.500. The van der Waals surface area contributed by atoms with Crippen LogP contribution in [0, 0.1) is 11.6 Å². The molecule has 15 heavy (non-hydrogen) atoms. The minimum atomic E-state index is -0.417. The van der Waals surface area contributed by atoms with Gasteiger partial charge in [-0.3, -0.25) is 0 Å². The van der Waals surface area contributed by atoms with Crippen molar-refractivity contribution >= 4 is 5.69 Å². The third-order valence-corrected chi connectivity index (χ3v) is 2.95. The number of rotatable bonds is 2. The monoisotopic (exact) mass is 211 g/mol. The molecule has 3 heteroatoms. The highest BCUT2D eigenvalue weighted by atomic mass is 19.1. The Bertz CT molecular complexity index is 334. The summed E-state index contributed by atoms with van der Waals surface area (Å²) in [7, 11) is 0. The summed E-state index contributed by atoms with van der Waals surface area (Å²) in [6.07, 6.45) is 2.62. The fourth-order valence-corrected chi connectivity index (χ4v) is 2.09. The van der Waals surface area contributed by atoms with Crippen LogP contribution < -0.4 is 4.90 Å². The molecule has 0 amide bonds. The van der Waals surface area contributed by atoms with E-state index < -0.39 is 11.6 Å². The molecule has 0 N–H and O–H groups in total. The van der Waals surface area contributed by atoms with E-state index in [9.17, 15) is 8.78 Å². The first kappa shape index (κ1) is 10.4. The lowest BCUT2D eigenvalue weighted by Crippen LogP contribution is -2.18. The Morgan fingerprint density at radius 3 is 2.13 bits per heavy atom. The Balaban J connectivity index is 2.33. The van der Waals surface area contributed by atoms with Gasteiger partial charge in [-0.05, 0) is 31.4 Å². The third kappa shape index (κ3) is 1.96. The van der Waals surface area contributed by atoms with Crippen LogP contribution in [0.1, 0.15) is 25.3 Å². The van der Waals surface area contributed by atoms with Crippen LogP contribution in [0.2, 0.25) is 0 Å². The van der Waals surface area contributed by atoms with Crippen molar-refractivity contribution in [3.63, 3.8) is 0 Å². The van der Waals surface area contributed by atoms with Crippen molar-refractivity contribution in [1.29, 1.82) is 0 Å². The number of anilines is 1. The van der Waals surface area contributed by atoms with E-state index in [1.807, 2.05) is 4.90 Å². The SMILES string of the molecule is CCc1c(F)cc(N2CCCC2)cc1F. The first-order valence-corrected chi connectivity index (χ1v) is 5.45. The van der Waals surface area contributed by atoms with Gasteiger partial charge in [0.1, 0.15) is 11.6 Å². The summed E-state index contributed by atoms with van der Waals surface area (Å²) in [6.45, 7) is 3.58. The zero-order chi connectivity index (χ0) is 10.8. The number of benzene rings is 1. The molecular formula is C12H15F2N. The third-order valence-electron chi connectivity index (χ3n) is 2.95. The predicted molar refractivity (Wildman–Crippen MR) is 57.2 cm³/mol. The molecule has 1 aliphatic heterocycles. The highest BCUT2D eigenvalue weighted by Crippen LogP contribution is 2.25. The summed E-state index contributed by atoms with van der Waals surface area (Å²) in [5.74, 6) is -0.834. The first-order valence-electron chi connectivity index (χ1n) is 5.45. The lowest BCUT2D eigenvalue weighted by Gasteiger charge is -2.18. The van der Waals surface area contributed by atoms with Gasteiger partial charge in [0.25, 0.3) is 0 Å². The number of hydrogen-bond acceptors (Lipinski definition) is 1. The topological polar surface area (TPSA) is 3.24 Å². The second-order valence-electron chi connectivity index (χ2n) is 3.94. The Morgan fingerprint density at radius 1 is 1.13 bits per heavy atom. The molecule has 1 saturated heterocycles. The molecule has 1 fully saturated rings. The van der Waals surface area contributed by atoms with Crippen molar-refractivity contribution in [2.45, 2.75) is 26.2 Å². The van der Waals surface area contributed by atoms with Gasteiger partial charge in [-0.15, -0.1) is 0 Å². The molecule has 0 radical (unpaired) electrons. The number of hydrogen-bond donors (Lipinski definition) is 0.